The number of thiazole rings is 1. The second-order valence-electron chi connectivity index (χ2n) is 7.30. The smallest absolute Gasteiger partial charge is 0.309 e. The normalized spacial score (nSPS) is 14.4. The van der Waals surface area contributed by atoms with Gasteiger partial charge < -0.3 is 5.11 Å². The summed E-state index contributed by atoms with van der Waals surface area (Å²) in [5.74, 6) is -0.764. The van der Waals surface area contributed by atoms with E-state index in [4.69, 9.17) is 5.11 Å². The molecule has 0 atom stereocenters. The first kappa shape index (κ1) is 20.9. The maximum atomic E-state index is 12.9. The summed E-state index contributed by atoms with van der Waals surface area (Å²) in [5.41, 5.74) is 2.90. The quantitative estimate of drug-likeness (QED) is 0.579. The van der Waals surface area contributed by atoms with Crippen molar-refractivity contribution in [2.75, 3.05) is 0 Å². The first-order valence-corrected chi connectivity index (χ1v) is 11.0. The van der Waals surface area contributed by atoms with Crippen molar-refractivity contribution in [2.45, 2.75) is 51.9 Å². The molecule has 1 heterocycles. The maximum absolute atomic E-state index is 12.9. The summed E-state index contributed by atoms with van der Waals surface area (Å²) < 4.78 is 0.644. The van der Waals surface area contributed by atoms with Crippen LogP contribution in [0.3, 0.4) is 0 Å². The molecule has 1 aromatic carbocycles. The zero-order chi connectivity index (χ0) is 20.3. The molecule has 2 aromatic rings. The Kier molecular flexibility index (Phi) is 6.78. The molecular weight excluding hydrogens is 442 g/mol. The highest BCUT2D eigenvalue weighted by atomic mass is 79.9. The van der Waals surface area contributed by atoms with Gasteiger partial charge in [-0.25, -0.2) is 4.98 Å². The first-order chi connectivity index (χ1) is 13.3. The highest BCUT2D eigenvalue weighted by Crippen LogP contribution is 2.30. The zero-order valence-corrected chi connectivity index (χ0v) is 18.1. The number of ketones is 2. The number of rotatable bonds is 8. The molecular formula is C21H22BrNO4S. The number of carboxylic acid groups (broad SMARTS) is 1. The minimum absolute atomic E-state index is 0.0348. The third-order valence-electron chi connectivity index (χ3n) is 5.01. The average molecular weight is 464 g/mol. The highest BCUT2D eigenvalue weighted by Gasteiger charge is 2.26. The molecule has 0 bridgehead atoms. The molecule has 0 spiro atoms. The van der Waals surface area contributed by atoms with Crippen molar-refractivity contribution >= 4 is 44.8 Å². The van der Waals surface area contributed by atoms with E-state index in [9.17, 15) is 14.4 Å². The molecule has 1 N–H and O–H groups in total. The predicted molar refractivity (Wildman–Crippen MR) is 111 cm³/mol. The summed E-state index contributed by atoms with van der Waals surface area (Å²) in [6, 6.07) is 5.70. The lowest BCUT2D eigenvalue weighted by atomic mass is 9.90. The van der Waals surface area contributed by atoms with E-state index in [1.54, 1.807) is 0 Å². The fraction of sp³-hybridized carbons (Fsp3) is 0.429. The van der Waals surface area contributed by atoms with Crippen molar-refractivity contribution in [1.29, 1.82) is 0 Å². The van der Waals surface area contributed by atoms with E-state index in [0.717, 1.165) is 36.8 Å². The van der Waals surface area contributed by atoms with Crippen LogP contribution in [0.25, 0.3) is 0 Å². The minimum atomic E-state index is -0.960. The second-order valence-corrected chi connectivity index (χ2v) is 9.70. The summed E-state index contributed by atoms with van der Waals surface area (Å²) in [4.78, 5) is 40.7. The molecule has 0 amide bonds. The Morgan fingerprint density at radius 1 is 1.18 bits per heavy atom. The lowest BCUT2D eigenvalue weighted by Crippen LogP contribution is -2.16. The summed E-state index contributed by atoms with van der Waals surface area (Å²) in [6.45, 7) is 1.95. The van der Waals surface area contributed by atoms with Crippen LogP contribution in [0.15, 0.2) is 22.0 Å². The van der Waals surface area contributed by atoms with Gasteiger partial charge in [0.2, 0.25) is 0 Å². The van der Waals surface area contributed by atoms with Crippen molar-refractivity contribution in [3.63, 3.8) is 0 Å². The van der Waals surface area contributed by atoms with E-state index in [1.165, 1.54) is 11.3 Å². The fourth-order valence-corrected chi connectivity index (χ4v) is 5.25. The Morgan fingerprint density at radius 2 is 1.89 bits per heavy atom. The third-order valence-corrected chi connectivity index (χ3v) is 6.83. The number of aryl methyl sites for hydroxylation is 1. The van der Waals surface area contributed by atoms with Crippen molar-refractivity contribution in [1.82, 2.24) is 4.98 Å². The Hall–Kier alpha value is -1.86. The van der Waals surface area contributed by atoms with Crippen molar-refractivity contribution in [3.8, 4) is 0 Å². The molecule has 1 fully saturated rings. The van der Waals surface area contributed by atoms with Gasteiger partial charge in [-0.2, -0.15) is 0 Å². The van der Waals surface area contributed by atoms with E-state index in [1.807, 2.05) is 25.1 Å². The number of nitrogens with zero attached hydrogens (tertiary/aromatic N) is 1. The van der Waals surface area contributed by atoms with Crippen LogP contribution in [-0.2, 0) is 28.9 Å². The number of halogens is 1. The summed E-state index contributed by atoms with van der Waals surface area (Å²) >= 11 is 4.60. The molecule has 1 aliphatic rings. The number of carboxylic acids is 1. The van der Waals surface area contributed by atoms with Crippen LogP contribution in [0.1, 0.15) is 57.9 Å². The summed E-state index contributed by atoms with van der Waals surface area (Å²) in [6.07, 6.45) is 4.18. The fourth-order valence-electron chi connectivity index (χ4n) is 3.63. The zero-order valence-electron chi connectivity index (χ0n) is 15.7. The number of carbonyl (C=O) groups is 3. The van der Waals surface area contributed by atoms with Gasteiger partial charge in [-0.1, -0.05) is 30.5 Å². The number of Topliss-reactive ketones (excluding diaryl/α,β-unsaturated/α-hetero) is 2. The third kappa shape index (κ3) is 5.14. The molecule has 0 radical (unpaired) electrons. The average Bonchev–Trinajstić information content (AvgIpc) is 3.26. The minimum Gasteiger partial charge on any atom is -0.481 e. The topological polar surface area (TPSA) is 84.3 Å². The van der Waals surface area contributed by atoms with Crippen LogP contribution in [-0.4, -0.2) is 27.6 Å². The largest absolute Gasteiger partial charge is 0.481 e. The van der Waals surface area contributed by atoms with Gasteiger partial charge in [0.25, 0.3) is 0 Å². The monoisotopic (exact) mass is 463 g/mol. The number of hydrogen-bond donors (Lipinski definition) is 1. The molecule has 1 saturated carbocycles. The lowest BCUT2D eigenvalue weighted by Gasteiger charge is -2.13. The molecule has 28 heavy (non-hydrogen) atoms. The van der Waals surface area contributed by atoms with Crippen LogP contribution < -0.4 is 0 Å². The molecule has 5 nitrogen and oxygen atoms in total. The highest BCUT2D eigenvalue weighted by molar-refractivity contribution is 9.11. The van der Waals surface area contributed by atoms with Gasteiger partial charge in [-0.15, -0.1) is 11.3 Å². The number of hydrogen-bond acceptors (Lipinski definition) is 5. The van der Waals surface area contributed by atoms with E-state index < -0.39 is 5.97 Å². The van der Waals surface area contributed by atoms with Gasteiger partial charge in [0.15, 0.2) is 5.78 Å². The van der Waals surface area contributed by atoms with E-state index in [-0.39, 0.29) is 36.7 Å². The SMILES string of the molecule is Cc1ccc(CC(=O)Cc2nc(CC(=O)O)c(Br)s2)c(C(=O)C2CCCC2)c1. The van der Waals surface area contributed by atoms with Gasteiger partial charge in [0.1, 0.15) is 10.8 Å². The Morgan fingerprint density at radius 3 is 2.57 bits per heavy atom. The number of aromatic nitrogens is 1. The van der Waals surface area contributed by atoms with E-state index >= 15 is 0 Å². The Bertz CT molecular complexity index is 915. The Labute approximate surface area is 176 Å². The number of aliphatic carboxylic acids is 1. The maximum Gasteiger partial charge on any atom is 0.309 e. The van der Waals surface area contributed by atoms with Crippen molar-refractivity contribution < 1.29 is 19.5 Å². The van der Waals surface area contributed by atoms with Crippen LogP contribution in [0, 0.1) is 12.8 Å². The molecule has 0 saturated heterocycles. The Balaban J connectivity index is 1.73. The molecule has 7 heteroatoms. The standard InChI is InChI=1S/C21H22BrNO4S/c1-12-6-7-14(16(8-12)20(27)13-4-2-3-5-13)9-15(24)10-18-23-17(11-19(25)26)21(22)28-18/h6-8,13H,2-5,9-11H2,1H3,(H,25,26). The molecule has 148 valence electrons. The van der Waals surface area contributed by atoms with Crippen LogP contribution in [0.4, 0.5) is 0 Å². The van der Waals surface area contributed by atoms with Gasteiger partial charge in [-0.3, -0.25) is 14.4 Å². The van der Waals surface area contributed by atoms with Crippen LogP contribution in [0.5, 0.6) is 0 Å². The molecule has 1 aliphatic carbocycles. The summed E-state index contributed by atoms with van der Waals surface area (Å²) in [5, 5.41) is 9.50. The first-order valence-electron chi connectivity index (χ1n) is 9.34. The number of benzene rings is 1. The molecule has 0 unspecified atom stereocenters. The molecule has 3 rings (SSSR count). The van der Waals surface area contributed by atoms with Gasteiger partial charge in [0.05, 0.1) is 22.3 Å². The van der Waals surface area contributed by atoms with Crippen LogP contribution in [0.2, 0.25) is 0 Å². The van der Waals surface area contributed by atoms with Gasteiger partial charge in [-0.05, 0) is 47.3 Å². The van der Waals surface area contributed by atoms with Crippen molar-refractivity contribution in [2.24, 2.45) is 5.92 Å². The predicted octanol–water partition coefficient (Wildman–Crippen LogP) is 4.57. The van der Waals surface area contributed by atoms with Gasteiger partial charge >= 0.3 is 5.97 Å². The van der Waals surface area contributed by atoms with E-state index in [0.29, 0.717) is 20.1 Å². The van der Waals surface area contributed by atoms with Crippen LogP contribution >= 0.6 is 27.3 Å². The lowest BCUT2D eigenvalue weighted by molar-refractivity contribution is -0.136. The summed E-state index contributed by atoms with van der Waals surface area (Å²) in [7, 11) is 0. The van der Waals surface area contributed by atoms with Gasteiger partial charge in [0, 0.05) is 17.9 Å². The number of carbonyl (C=O) groups excluding carboxylic acids is 2. The van der Waals surface area contributed by atoms with Crippen molar-refractivity contribution in [3.05, 3.63) is 49.4 Å². The second kappa shape index (κ2) is 9.09. The molecule has 1 aromatic heterocycles. The van der Waals surface area contributed by atoms with E-state index in [2.05, 4.69) is 20.9 Å². The molecule has 0 aliphatic heterocycles.